The van der Waals surface area contributed by atoms with E-state index in [1.54, 1.807) is 19.9 Å². The highest BCUT2D eigenvalue weighted by Crippen LogP contribution is 2.40. The van der Waals surface area contributed by atoms with E-state index in [4.69, 9.17) is 21.1 Å². The van der Waals surface area contributed by atoms with Gasteiger partial charge in [0.25, 0.3) is 0 Å². The zero-order valence-corrected chi connectivity index (χ0v) is 12.2. The zero-order valence-electron chi connectivity index (χ0n) is 11.4. The summed E-state index contributed by atoms with van der Waals surface area (Å²) in [6.45, 7) is 4.17. The third-order valence-corrected chi connectivity index (χ3v) is 3.03. The largest absolute Gasteiger partial charge is 0.493 e. The highest BCUT2D eigenvalue weighted by Gasteiger charge is 2.34. The first-order valence-electron chi connectivity index (χ1n) is 6.34. The smallest absolute Gasteiger partial charge is 0.433 e. The molecule has 0 amide bonds. The third-order valence-electron chi connectivity index (χ3n) is 2.73. The number of halogens is 4. The van der Waals surface area contributed by atoms with E-state index in [1.807, 2.05) is 0 Å². The molecule has 0 atom stereocenters. The van der Waals surface area contributed by atoms with Crippen LogP contribution < -0.4 is 9.47 Å². The number of rotatable bonds is 4. The Balaban J connectivity index is 2.77. The van der Waals surface area contributed by atoms with E-state index in [0.29, 0.717) is 24.3 Å². The summed E-state index contributed by atoms with van der Waals surface area (Å²) in [5.41, 5.74) is -1.02. The van der Waals surface area contributed by atoms with Crippen molar-refractivity contribution in [2.24, 2.45) is 0 Å². The molecule has 3 nitrogen and oxygen atoms in total. The Bertz CT molecular complexity index is 659. The van der Waals surface area contributed by atoms with Gasteiger partial charge >= 0.3 is 6.18 Å². The molecule has 0 radical (unpaired) electrons. The molecule has 0 bridgehead atoms. The average Bonchev–Trinajstić information content (AvgIpc) is 2.40. The normalized spacial score (nSPS) is 11.7. The predicted octanol–water partition coefficient (Wildman–Crippen LogP) is 4.70. The van der Waals surface area contributed by atoms with Crippen LogP contribution in [0.5, 0.6) is 11.5 Å². The summed E-state index contributed by atoms with van der Waals surface area (Å²) in [6.07, 6.45) is -4.58. The van der Waals surface area contributed by atoms with Crippen molar-refractivity contribution >= 4 is 22.5 Å². The highest BCUT2D eigenvalue weighted by atomic mass is 35.5. The fourth-order valence-corrected chi connectivity index (χ4v) is 2.22. The van der Waals surface area contributed by atoms with Crippen LogP contribution in [0.1, 0.15) is 19.5 Å². The number of nitrogens with zero attached hydrogens (tertiary/aromatic N) is 1. The Morgan fingerprint density at radius 1 is 1.10 bits per heavy atom. The molecule has 0 saturated heterocycles. The molecule has 0 aliphatic carbocycles. The molecule has 7 heteroatoms. The van der Waals surface area contributed by atoms with Gasteiger partial charge in [-0.15, -0.1) is 0 Å². The number of alkyl halides is 3. The highest BCUT2D eigenvalue weighted by molar-refractivity contribution is 6.36. The standard InChI is InChI=1S/C14H13ClF3NO2/c1-3-20-9-5-6-10(21-4-2)13-12(9)8(15)7-11(19-13)14(16,17)18/h5-7H,3-4H2,1-2H3. The van der Waals surface area contributed by atoms with E-state index >= 15 is 0 Å². The minimum absolute atomic E-state index is 0.0441. The molecule has 1 aromatic carbocycles. The molecular weight excluding hydrogens is 307 g/mol. The molecule has 2 aromatic rings. The summed E-state index contributed by atoms with van der Waals surface area (Å²) in [6, 6.07) is 3.93. The van der Waals surface area contributed by atoms with E-state index in [9.17, 15) is 13.2 Å². The van der Waals surface area contributed by atoms with Crippen LogP contribution in [0.2, 0.25) is 5.02 Å². The number of fused-ring (bicyclic) bond motifs is 1. The number of hydrogen-bond acceptors (Lipinski definition) is 3. The topological polar surface area (TPSA) is 31.4 Å². The Labute approximate surface area is 124 Å². The number of aromatic nitrogens is 1. The van der Waals surface area contributed by atoms with Gasteiger partial charge in [-0.2, -0.15) is 13.2 Å². The molecule has 0 unspecified atom stereocenters. The molecule has 0 aliphatic rings. The van der Waals surface area contributed by atoms with Gasteiger partial charge in [-0.3, -0.25) is 0 Å². The monoisotopic (exact) mass is 319 g/mol. The SMILES string of the molecule is CCOc1ccc(OCC)c2c(Cl)cc(C(F)(F)F)nc12. The fourth-order valence-electron chi connectivity index (χ4n) is 1.93. The summed E-state index contributed by atoms with van der Waals surface area (Å²) in [5, 5.41) is 0.245. The van der Waals surface area contributed by atoms with Crippen LogP contribution in [0.15, 0.2) is 18.2 Å². The van der Waals surface area contributed by atoms with Gasteiger partial charge < -0.3 is 9.47 Å². The molecule has 21 heavy (non-hydrogen) atoms. The van der Waals surface area contributed by atoms with Gasteiger partial charge in [0.05, 0.1) is 23.6 Å². The molecule has 1 heterocycles. The van der Waals surface area contributed by atoms with Gasteiger partial charge in [0, 0.05) is 0 Å². The van der Waals surface area contributed by atoms with Crippen molar-refractivity contribution in [1.82, 2.24) is 4.98 Å². The van der Waals surface area contributed by atoms with E-state index in [1.165, 1.54) is 6.07 Å². The fraction of sp³-hybridized carbons (Fsp3) is 0.357. The number of hydrogen-bond donors (Lipinski definition) is 0. The maximum absolute atomic E-state index is 12.9. The van der Waals surface area contributed by atoms with Crippen molar-refractivity contribution in [3.8, 4) is 11.5 Å². The Hall–Kier alpha value is -1.69. The van der Waals surface area contributed by atoms with Gasteiger partial charge in [0.1, 0.15) is 22.7 Å². The molecule has 1 aromatic heterocycles. The van der Waals surface area contributed by atoms with E-state index in [0.717, 1.165) is 6.07 Å². The van der Waals surface area contributed by atoms with Crippen LogP contribution in [0.3, 0.4) is 0 Å². The maximum atomic E-state index is 12.9. The molecule has 2 rings (SSSR count). The minimum atomic E-state index is -4.58. The van der Waals surface area contributed by atoms with Crippen molar-refractivity contribution in [1.29, 1.82) is 0 Å². The van der Waals surface area contributed by atoms with Crippen LogP contribution in [-0.2, 0) is 6.18 Å². The van der Waals surface area contributed by atoms with Gasteiger partial charge in [-0.25, -0.2) is 4.98 Å². The van der Waals surface area contributed by atoms with Gasteiger partial charge in [0.15, 0.2) is 0 Å². The lowest BCUT2D eigenvalue weighted by Crippen LogP contribution is -2.09. The predicted molar refractivity (Wildman–Crippen MR) is 74.1 cm³/mol. The van der Waals surface area contributed by atoms with Crippen molar-refractivity contribution in [2.45, 2.75) is 20.0 Å². The molecule has 0 aliphatic heterocycles. The first-order chi connectivity index (χ1) is 9.88. The molecule has 0 N–H and O–H groups in total. The maximum Gasteiger partial charge on any atom is 0.433 e. The Morgan fingerprint density at radius 2 is 1.67 bits per heavy atom. The zero-order chi connectivity index (χ0) is 15.6. The number of ether oxygens (including phenoxy) is 2. The Kier molecular flexibility index (Phi) is 4.46. The molecule has 0 spiro atoms. The van der Waals surface area contributed by atoms with Crippen molar-refractivity contribution in [2.75, 3.05) is 13.2 Å². The lowest BCUT2D eigenvalue weighted by Gasteiger charge is -2.14. The second-order valence-electron chi connectivity index (χ2n) is 4.14. The van der Waals surface area contributed by atoms with Crippen molar-refractivity contribution in [3.05, 3.63) is 28.9 Å². The van der Waals surface area contributed by atoms with Crippen molar-refractivity contribution < 1.29 is 22.6 Å². The number of pyridine rings is 1. The first kappa shape index (κ1) is 15.7. The van der Waals surface area contributed by atoms with Crippen molar-refractivity contribution in [3.63, 3.8) is 0 Å². The van der Waals surface area contributed by atoms with E-state index in [2.05, 4.69) is 4.98 Å². The second kappa shape index (κ2) is 5.97. The quantitative estimate of drug-likeness (QED) is 0.818. The summed E-state index contributed by atoms with van der Waals surface area (Å²) in [7, 11) is 0. The lowest BCUT2D eigenvalue weighted by molar-refractivity contribution is -0.140. The lowest BCUT2D eigenvalue weighted by atomic mass is 10.1. The number of benzene rings is 1. The first-order valence-corrected chi connectivity index (χ1v) is 6.72. The van der Waals surface area contributed by atoms with Crippen LogP contribution in [0.4, 0.5) is 13.2 Å². The average molecular weight is 320 g/mol. The van der Waals surface area contributed by atoms with E-state index in [-0.39, 0.29) is 16.3 Å². The minimum Gasteiger partial charge on any atom is -0.493 e. The summed E-state index contributed by atoms with van der Waals surface area (Å²) < 4.78 is 49.3. The van der Waals surface area contributed by atoms with Gasteiger partial charge in [-0.1, -0.05) is 11.6 Å². The van der Waals surface area contributed by atoms with Gasteiger partial charge in [0.2, 0.25) is 0 Å². The summed E-state index contributed by atoms with van der Waals surface area (Å²) in [4.78, 5) is 3.65. The Morgan fingerprint density at radius 3 is 2.24 bits per heavy atom. The van der Waals surface area contributed by atoms with Crippen LogP contribution in [-0.4, -0.2) is 18.2 Å². The third kappa shape index (κ3) is 3.15. The molecule has 0 saturated carbocycles. The van der Waals surface area contributed by atoms with Crippen LogP contribution in [0.25, 0.3) is 10.9 Å². The molecular formula is C14H13ClF3NO2. The molecule has 114 valence electrons. The van der Waals surface area contributed by atoms with Gasteiger partial charge in [-0.05, 0) is 32.0 Å². The second-order valence-corrected chi connectivity index (χ2v) is 4.55. The molecule has 0 fully saturated rings. The van der Waals surface area contributed by atoms with Crippen LogP contribution in [0, 0.1) is 0 Å². The van der Waals surface area contributed by atoms with E-state index < -0.39 is 11.9 Å². The van der Waals surface area contributed by atoms with Crippen LogP contribution >= 0.6 is 11.6 Å². The summed E-state index contributed by atoms with van der Waals surface area (Å²) in [5.74, 6) is 0.617. The summed E-state index contributed by atoms with van der Waals surface area (Å²) >= 11 is 6.01.